The Hall–Kier alpha value is -2.54. The molecule has 2 aromatic heterocycles. The molecule has 1 aromatic carbocycles. The first-order chi connectivity index (χ1) is 11.5. The third-order valence-corrected chi connectivity index (χ3v) is 3.89. The number of H-pyrrole nitrogens is 1. The number of benzene rings is 1. The number of halogens is 1. The van der Waals surface area contributed by atoms with Crippen molar-refractivity contribution < 1.29 is 9.53 Å². The molecule has 0 radical (unpaired) electrons. The van der Waals surface area contributed by atoms with E-state index in [9.17, 15) is 4.79 Å². The molecule has 126 valence electrons. The first-order valence-corrected chi connectivity index (χ1v) is 8.01. The molecule has 0 atom stereocenters. The summed E-state index contributed by atoms with van der Waals surface area (Å²) >= 11 is 6.14. The van der Waals surface area contributed by atoms with Gasteiger partial charge in [-0.25, -0.2) is 4.98 Å². The first-order valence-electron chi connectivity index (χ1n) is 7.63. The average Bonchev–Trinajstić information content (AvgIpc) is 3.05. The molecule has 0 fully saturated rings. The quantitative estimate of drug-likeness (QED) is 0.671. The lowest BCUT2D eigenvalue weighted by atomic mass is 10.3. The monoisotopic (exact) mass is 347 g/mol. The van der Waals surface area contributed by atoms with Crippen LogP contribution in [0.4, 0.5) is 5.69 Å². The van der Waals surface area contributed by atoms with Crippen molar-refractivity contribution in [2.24, 2.45) is 0 Å². The molecule has 3 rings (SSSR count). The van der Waals surface area contributed by atoms with Crippen LogP contribution in [0, 0.1) is 6.92 Å². The summed E-state index contributed by atoms with van der Waals surface area (Å²) in [5.74, 6) is 1.39. The van der Waals surface area contributed by atoms with Crippen LogP contribution >= 0.6 is 11.6 Å². The predicted molar refractivity (Wildman–Crippen MR) is 91.6 cm³/mol. The number of anilines is 1. The summed E-state index contributed by atoms with van der Waals surface area (Å²) in [6.07, 6.45) is 1.49. The summed E-state index contributed by atoms with van der Waals surface area (Å²) in [6.45, 7) is 3.91. The number of amides is 1. The third-order valence-electron chi connectivity index (χ3n) is 3.44. The zero-order valence-corrected chi connectivity index (χ0v) is 14.2. The normalized spacial score (nSPS) is 11.0. The zero-order chi connectivity index (χ0) is 17.1. The SMILES string of the molecule is CC(=O)Nc1ccc(OCCCc2nc3c(Cl)c(C)[nH]n3n2)cc1. The fraction of sp³-hybridized carbons (Fsp3) is 0.312. The number of rotatable bonds is 6. The molecule has 7 nitrogen and oxygen atoms in total. The van der Waals surface area contributed by atoms with Gasteiger partial charge in [-0.05, 0) is 37.6 Å². The Kier molecular flexibility index (Phi) is 4.71. The first kappa shape index (κ1) is 16.3. The lowest BCUT2D eigenvalue weighted by Crippen LogP contribution is -2.05. The molecular weight excluding hydrogens is 330 g/mol. The van der Waals surface area contributed by atoms with Gasteiger partial charge in [0.05, 0.1) is 12.3 Å². The van der Waals surface area contributed by atoms with E-state index in [2.05, 4.69) is 20.5 Å². The van der Waals surface area contributed by atoms with Crippen molar-refractivity contribution in [3.63, 3.8) is 0 Å². The Morgan fingerprint density at radius 1 is 1.38 bits per heavy atom. The van der Waals surface area contributed by atoms with Crippen molar-refractivity contribution in [2.45, 2.75) is 26.7 Å². The van der Waals surface area contributed by atoms with Crippen molar-refractivity contribution in [3.8, 4) is 5.75 Å². The molecule has 24 heavy (non-hydrogen) atoms. The lowest BCUT2D eigenvalue weighted by molar-refractivity contribution is -0.114. The summed E-state index contributed by atoms with van der Waals surface area (Å²) < 4.78 is 7.27. The number of aryl methyl sites for hydroxylation is 2. The Morgan fingerprint density at radius 3 is 2.79 bits per heavy atom. The second kappa shape index (κ2) is 6.92. The minimum absolute atomic E-state index is 0.0947. The number of carbonyl (C=O) groups excluding carboxylic acids is 1. The number of fused-ring (bicyclic) bond motifs is 1. The molecule has 0 spiro atoms. The van der Waals surface area contributed by atoms with E-state index in [0.29, 0.717) is 23.7 Å². The molecule has 2 heterocycles. The Labute approximate surface area is 144 Å². The zero-order valence-electron chi connectivity index (χ0n) is 13.5. The van der Waals surface area contributed by atoms with E-state index in [0.717, 1.165) is 29.4 Å². The van der Waals surface area contributed by atoms with Gasteiger partial charge in [0.1, 0.15) is 10.8 Å². The van der Waals surface area contributed by atoms with Gasteiger partial charge < -0.3 is 10.1 Å². The van der Waals surface area contributed by atoms with Crippen LogP contribution in [0.15, 0.2) is 24.3 Å². The minimum atomic E-state index is -0.0947. The summed E-state index contributed by atoms with van der Waals surface area (Å²) in [5.41, 5.74) is 2.25. The second-order valence-electron chi connectivity index (χ2n) is 5.47. The summed E-state index contributed by atoms with van der Waals surface area (Å²) in [5, 5.41) is 10.7. The van der Waals surface area contributed by atoms with E-state index in [1.54, 1.807) is 16.8 Å². The lowest BCUT2D eigenvalue weighted by Gasteiger charge is -2.06. The molecular formula is C16H18ClN5O2. The highest BCUT2D eigenvalue weighted by Crippen LogP contribution is 2.19. The molecule has 0 aliphatic heterocycles. The molecule has 0 aliphatic carbocycles. The number of aromatic nitrogens is 4. The highest BCUT2D eigenvalue weighted by molar-refractivity contribution is 6.34. The molecule has 1 amide bonds. The molecule has 0 saturated heterocycles. The number of aromatic amines is 1. The molecule has 8 heteroatoms. The number of nitrogens with zero attached hydrogens (tertiary/aromatic N) is 3. The largest absolute Gasteiger partial charge is 0.494 e. The van der Waals surface area contributed by atoms with Crippen LogP contribution in [0.3, 0.4) is 0 Å². The van der Waals surface area contributed by atoms with Gasteiger partial charge in [0, 0.05) is 19.0 Å². The average molecular weight is 348 g/mol. The molecule has 0 unspecified atom stereocenters. The molecule has 2 N–H and O–H groups in total. The van der Waals surface area contributed by atoms with E-state index >= 15 is 0 Å². The highest BCUT2D eigenvalue weighted by Gasteiger charge is 2.11. The maximum atomic E-state index is 11.0. The van der Waals surface area contributed by atoms with Crippen molar-refractivity contribution in [3.05, 3.63) is 40.8 Å². The summed E-state index contributed by atoms with van der Waals surface area (Å²) in [4.78, 5) is 15.4. The third kappa shape index (κ3) is 3.68. The predicted octanol–water partition coefficient (Wildman–Crippen LogP) is 2.99. The van der Waals surface area contributed by atoms with Crippen LogP contribution in [-0.4, -0.2) is 32.3 Å². The molecule has 0 aliphatic rings. The van der Waals surface area contributed by atoms with E-state index in [4.69, 9.17) is 16.3 Å². The summed E-state index contributed by atoms with van der Waals surface area (Å²) in [6, 6.07) is 7.26. The highest BCUT2D eigenvalue weighted by atomic mass is 35.5. The van der Waals surface area contributed by atoms with Gasteiger partial charge in [-0.3, -0.25) is 9.89 Å². The van der Waals surface area contributed by atoms with Crippen LogP contribution < -0.4 is 10.1 Å². The number of ether oxygens (including phenoxy) is 1. The fourth-order valence-corrected chi connectivity index (χ4v) is 2.48. The number of hydrogen-bond donors (Lipinski definition) is 2. The van der Waals surface area contributed by atoms with Crippen molar-refractivity contribution >= 4 is 28.8 Å². The van der Waals surface area contributed by atoms with E-state index < -0.39 is 0 Å². The van der Waals surface area contributed by atoms with Crippen molar-refractivity contribution in [1.82, 2.24) is 19.8 Å². The number of nitrogens with one attached hydrogen (secondary N) is 2. The fourth-order valence-electron chi connectivity index (χ4n) is 2.31. The Bertz CT molecular complexity index is 853. The number of carbonyl (C=O) groups is 1. The summed E-state index contributed by atoms with van der Waals surface area (Å²) in [7, 11) is 0. The molecule has 0 saturated carbocycles. The minimum Gasteiger partial charge on any atom is -0.494 e. The van der Waals surface area contributed by atoms with Gasteiger partial charge in [0.15, 0.2) is 11.5 Å². The number of hydrogen-bond acceptors (Lipinski definition) is 4. The van der Waals surface area contributed by atoms with Gasteiger partial charge in [0.2, 0.25) is 5.91 Å². The van der Waals surface area contributed by atoms with Crippen LogP contribution in [0.5, 0.6) is 5.75 Å². The van der Waals surface area contributed by atoms with E-state index in [1.807, 2.05) is 19.1 Å². The Morgan fingerprint density at radius 2 is 2.12 bits per heavy atom. The van der Waals surface area contributed by atoms with E-state index in [-0.39, 0.29) is 5.91 Å². The van der Waals surface area contributed by atoms with Crippen LogP contribution in [-0.2, 0) is 11.2 Å². The molecule has 3 aromatic rings. The van der Waals surface area contributed by atoms with Crippen molar-refractivity contribution in [2.75, 3.05) is 11.9 Å². The van der Waals surface area contributed by atoms with Crippen molar-refractivity contribution in [1.29, 1.82) is 0 Å². The van der Waals surface area contributed by atoms with Crippen LogP contribution in [0.2, 0.25) is 5.02 Å². The van der Waals surface area contributed by atoms with E-state index in [1.165, 1.54) is 6.92 Å². The maximum absolute atomic E-state index is 11.0. The van der Waals surface area contributed by atoms with Crippen LogP contribution in [0.1, 0.15) is 24.9 Å². The van der Waals surface area contributed by atoms with Crippen LogP contribution in [0.25, 0.3) is 5.65 Å². The van der Waals surface area contributed by atoms with Gasteiger partial charge in [-0.15, -0.1) is 5.10 Å². The second-order valence-corrected chi connectivity index (χ2v) is 5.85. The Balaban J connectivity index is 1.48. The molecule has 0 bridgehead atoms. The smallest absolute Gasteiger partial charge is 0.221 e. The van der Waals surface area contributed by atoms with Gasteiger partial charge in [0.25, 0.3) is 0 Å². The van der Waals surface area contributed by atoms with Gasteiger partial charge in [-0.1, -0.05) is 11.6 Å². The van der Waals surface area contributed by atoms with Gasteiger partial charge in [-0.2, -0.15) is 4.63 Å². The topological polar surface area (TPSA) is 84.3 Å². The maximum Gasteiger partial charge on any atom is 0.221 e. The standard InChI is InChI=1S/C16H18ClN5O2/c1-10-15(17)16-19-14(21-22(16)20-10)4-3-9-24-13-7-5-12(6-8-13)18-11(2)23/h5-8,20H,3-4,9H2,1-2H3,(H,18,23). The van der Waals surface area contributed by atoms with Gasteiger partial charge >= 0.3 is 0 Å².